The molecule has 1 aromatic rings. The zero-order valence-electron chi connectivity index (χ0n) is 11.9. The first-order valence-corrected chi connectivity index (χ1v) is 7.60. The van der Waals surface area contributed by atoms with Crippen molar-refractivity contribution in [3.63, 3.8) is 0 Å². The van der Waals surface area contributed by atoms with Crippen molar-refractivity contribution in [3.05, 3.63) is 52.4 Å². The summed E-state index contributed by atoms with van der Waals surface area (Å²) in [6.45, 7) is 2.59. The SMILES string of the molecule is CC(=C/c1ccccc1)/C=C1\SC(=NCCCO)NC1=O. The van der Waals surface area contributed by atoms with E-state index in [0.717, 1.165) is 11.1 Å². The van der Waals surface area contributed by atoms with Crippen LogP contribution < -0.4 is 5.32 Å². The molecular weight excluding hydrogens is 284 g/mol. The highest BCUT2D eigenvalue weighted by atomic mass is 32.2. The molecule has 110 valence electrons. The molecule has 1 aliphatic heterocycles. The zero-order valence-corrected chi connectivity index (χ0v) is 12.7. The van der Waals surface area contributed by atoms with E-state index in [0.29, 0.717) is 23.0 Å². The van der Waals surface area contributed by atoms with Crippen LogP contribution in [0.5, 0.6) is 0 Å². The van der Waals surface area contributed by atoms with Crippen LogP contribution >= 0.6 is 11.8 Å². The minimum atomic E-state index is -0.122. The summed E-state index contributed by atoms with van der Waals surface area (Å²) in [5.41, 5.74) is 2.11. The van der Waals surface area contributed by atoms with Crippen LogP contribution in [-0.4, -0.2) is 29.3 Å². The first-order chi connectivity index (χ1) is 10.2. The molecule has 0 saturated carbocycles. The van der Waals surface area contributed by atoms with Gasteiger partial charge in [0.2, 0.25) is 0 Å². The average molecular weight is 302 g/mol. The number of hydrogen-bond acceptors (Lipinski definition) is 4. The molecule has 0 bridgehead atoms. The first kappa shape index (κ1) is 15.5. The van der Waals surface area contributed by atoms with Gasteiger partial charge in [0, 0.05) is 13.2 Å². The molecule has 1 aliphatic rings. The summed E-state index contributed by atoms with van der Waals surface area (Å²) in [6, 6.07) is 9.97. The Hall–Kier alpha value is -1.85. The lowest BCUT2D eigenvalue weighted by molar-refractivity contribution is -0.115. The molecule has 1 fully saturated rings. The van der Waals surface area contributed by atoms with Crippen LogP contribution in [0.2, 0.25) is 0 Å². The average Bonchev–Trinajstić information content (AvgIpc) is 2.80. The van der Waals surface area contributed by atoms with Gasteiger partial charge < -0.3 is 10.4 Å². The minimum Gasteiger partial charge on any atom is -0.396 e. The van der Waals surface area contributed by atoms with E-state index < -0.39 is 0 Å². The monoisotopic (exact) mass is 302 g/mol. The molecule has 0 radical (unpaired) electrons. The van der Waals surface area contributed by atoms with Gasteiger partial charge in [-0.15, -0.1) is 0 Å². The minimum absolute atomic E-state index is 0.108. The zero-order chi connectivity index (χ0) is 15.1. The molecule has 0 spiro atoms. The fourth-order valence-electron chi connectivity index (χ4n) is 1.81. The summed E-state index contributed by atoms with van der Waals surface area (Å²) in [6.07, 6.45) is 4.50. The van der Waals surface area contributed by atoms with Crippen molar-refractivity contribution in [2.45, 2.75) is 13.3 Å². The second-order valence-electron chi connectivity index (χ2n) is 4.63. The molecule has 0 atom stereocenters. The van der Waals surface area contributed by atoms with Crippen molar-refractivity contribution >= 4 is 28.9 Å². The molecule has 2 rings (SSSR count). The van der Waals surface area contributed by atoms with E-state index in [4.69, 9.17) is 5.11 Å². The number of allylic oxidation sites excluding steroid dienone is 2. The van der Waals surface area contributed by atoms with Crippen molar-refractivity contribution in [2.75, 3.05) is 13.2 Å². The van der Waals surface area contributed by atoms with Gasteiger partial charge in [0.1, 0.15) is 0 Å². The fraction of sp³-hybridized carbons (Fsp3) is 0.250. The van der Waals surface area contributed by atoms with Gasteiger partial charge in [-0.25, -0.2) is 0 Å². The Kier molecular flexibility index (Phi) is 5.78. The van der Waals surface area contributed by atoms with Gasteiger partial charge in [0.05, 0.1) is 4.91 Å². The number of aliphatic imine (C=N–C) groups is 1. The number of aliphatic hydroxyl groups excluding tert-OH is 1. The lowest BCUT2D eigenvalue weighted by Crippen LogP contribution is -2.20. The van der Waals surface area contributed by atoms with Gasteiger partial charge in [-0.2, -0.15) is 0 Å². The Morgan fingerprint density at radius 1 is 1.38 bits per heavy atom. The first-order valence-electron chi connectivity index (χ1n) is 6.78. The smallest absolute Gasteiger partial charge is 0.264 e. The normalized spacial score (nSPS) is 19.3. The van der Waals surface area contributed by atoms with Crippen molar-refractivity contribution in [2.24, 2.45) is 4.99 Å². The fourth-order valence-corrected chi connectivity index (χ4v) is 2.71. The lowest BCUT2D eigenvalue weighted by Gasteiger charge is -1.96. The quantitative estimate of drug-likeness (QED) is 0.649. The lowest BCUT2D eigenvalue weighted by atomic mass is 10.1. The third-order valence-electron chi connectivity index (χ3n) is 2.78. The maximum atomic E-state index is 11.8. The predicted molar refractivity (Wildman–Crippen MR) is 87.9 cm³/mol. The Bertz CT molecular complexity index is 592. The second kappa shape index (κ2) is 7.81. The summed E-state index contributed by atoms with van der Waals surface area (Å²) in [5.74, 6) is -0.122. The maximum absolute atomic E-state index is 11.8. The summed E-state index contributed by atoms with van der Waals surface area (Å²) < 4.78 is 0. The molecule has 4 nitrogen and oxygen atoms in total. The van der Waals surface area contributed by atoms with Crippen molar-refractivity contribution < 1.29 is 9.90 Å². The van der Waals surface area contributed by atoms with Crippen LogP contribution in [0.1, 0.15) is 18.9 Å². The molecule has 1 saturated heterocycles. The second-order valence-corrected chi connectivity index (χ2v) is 5.66. The number of amides is 1. The van der Waals surface area contributed by atoms with Gasteiger partial charge in [-0.3, -0.25) is 9.79 Å². The summed E-state index contributed by atoms with van der Waals surface area (Å²) in [4.78, 5) is 16.7. The standard InChI is InChI=1S/C16H18N2O2S/c1-12(10-13-6-3-2-4-7-13)11-14-15(20)18-16(21-14)17-8-5-9-19/h2-4,6-7,10-11,19H,5,8-9H2,1H3,(H,17,18,20)/b12-10-,14-11-. The van der Waals surface area contributed by atoms with E-state index in [2.05, 4.69) is 10.3 Å². The largest absolute Gasteiger partial charge is 0.396 e. The highest BCUT2D eigenvalue weighted by molar-refractivity contribution is 8.18. The van der Waals surface area contributed by atoms with Crippen molar-refractivity contribution in [3.8, 4) is 0 Å². The van der Waals surface area contributed by atoms with Gasteiger partial charge in [0.25, 0.3) is 5.91 Å². The number of carbonyl (C=O) groups is 1. The third kappa shape index (κ3) is 4.88. The molecular formula is C16H18N2O2S. The Morgan fingerprint density at radius 3 is 2.86 bits per heavy atom. The topological polar surface area (TPSA) is 61.7 Å². The summed E-state index contributed by atoms with van der Waals surface area (Å²) in [5, 5.41) is 12.1. The maximum Gasteiger partial charge on any atom is 0.264 e. The molecule has 2 N–H and O–H groups in total. The van der Waals surface area contributed by atoms with Gasteiger partial charge in [-0.1, -0.05) is 36.4 Å². The number of nitrogens with one attached hydrogen (secondary N) is 1. The van der Waals surface area contributed by atoms with Crippen LogP contribution in [0.25, 0.3) is 6.08 Å². The highest BCUT2D eigenvalue weighted by Crippen LogP contribution is 2.25. The molecule has 5 heteroatoms. The number of amidine groups is 1. The Morgan fingerprint density at radius 2 is 2.14 bits per heavy atom. The number of rotatable bonds is 5. The molecule has 1 amide bonds. The van der Waals surface area contributed by atoms with Gasteiger partial charge in [0.15, 0.2) is 5.17 Å². The number of aliphatic hydroxyl groups is 1. The van der Waals surface area contributed by atoms with E-state index in [1.54, 1.807) is 0 Å². The third-order valence-corrected chi connectivity index (χ3v) is 3.72. The molecule has 21 heavy (non-hydrogen) atoms. The molecule has 1 heterocycles. The van der Waals surface area contributed by atoms with Crippen LogP contribution in [0.4, 0.5) is 0 Å². The van der Waals surface area contributed by atoms with Crippen LogP contribution in [-0.2, 0) is 4.79 Å². The molecule has 0 aromatic heterocycles. The highest BCUT2D eigenvalue weighted by Gasteiger charge is 2.23. The number of carbonyl (C=O) groups excluding carboxylic acids is 1. The van der Waals surface area contributed by atoms with E-state index in [-0.39, 0.29) is 12.5 Å². The van der Waals surface area contributed by atoms with E-state index in [9.17, 15) is 4.79 Å². The number of nitrogens with zero attached hydrogens (tertiary/aromatic N) is 1. The van der Waals surface area contributed by atoms with Crippen LogP contribution in [0, 0.1) is 0 Å². The van der Waals surface area contributed by atoms with Gasteiger partial charge >= 0.3 is 0 Å². The molecule has 0 unspecified atom stereocenters. The van der Waals surface area contributed by atoms with Crippen molar-refractivity contribution in [1.82, 2.24) is 5.32 Å². The van der Waals surface area contributed by atoms with E-state index >= 15 is 0 Å². The summed E-state index contributed by atoms with van der Waals surface area (Å²) in [7, 11) is 0. The molecule has 1 aromatic carbocycles. The molecule has 0 aliphatic carbocycles. The predicted octanol–water partition coefficient (Wildman–Crippen LogP) is 2.58. The Balaban J connectivity index is 2.06. The van der Waals surface area contributed by atoms with Crippen molar-refractivity contribution in [1.29, 1.82) is 0 Å². The number of hydrogen-bond donors (Lipinski definition) is 2. The number of benzene rings is 1. The number of thioether (sulfide) groups is 1. The van der Waals surface area contributed by atoms with E-state index in [1.165, 1.54) is 11.8 Å². The van der Waals surface area contributed by atoms with E-state index in [1.807, 2.05) is 49.4 Å². The van der Waals surface area contributed by atoms with Gasteiger partial charge in [-0.05, 0) is 42.3 Å². The van der Waals surface area contributed by atoms with Crippen LogP contribution in [0.15, 0.2) is 51.9 Å². The summed E-state index contributed by atoms with van der Waals surface area (Å²) >= 11 is 1.34. The Labute approximate surface area is 128 Å². The van der Waals surface area contributed by atoms with Crippen LogP contribution in [0.3, 0.4) is 0 Å².